The summed E-state index contributed by atoms with van der Waals surface area (Å²) in [5.74, 6) is 0. The summed E-state index contributed by atoms with van der Waals surface area (Å²) < 4.78 is 10.7. The maximum atomic E-state index is 5.41. The van der Waals surface area contributed by atoms with Gasteiger partial charge in [-0.2, -0.15) is 0 Å². The normalized spacial score (nSPS) is 27.5. The Balaban J connectivity index is 2.35. The second-order valence-electron chi connectivity index (χ2n) is 3.42. The number of ether oxygens (including phenoxy) is 2. The molecule has 2 unspecified atom stereocenters. The van der Waals surface area contributed by atoms with Gasteiger partial charge in [0.05, 0.1) is 19.3 Å². The van der Waals surface area contributed by atoms with Gasteiger partial charge >= 0.3 is 0 Å². The molecule has 2 atom stereocenters. The molecule has 1 heterocycles. The summed E-state index contributed by atoms with van der Waals surface area (Å²) >= 11 is 3.50. The molecular weight excluding hydrogens is 234 g/mol. The molecule has 1 aliphatic rings. The molecule has 0 N–H and O–H groups in total. The van der Waals surface area contributed by atoms with E-state index in [4.69, 9.17) is 9.47 Å². The number of morpholine rings is 1. The second kappa shape index (κ2) is 5.96. The Morgan fingerprint density at radius 2 is 2.46 bits per heavy atom. The van der Waals surface area contributed by atoms with Gasteiger partial charge in [0.15, 0.2) is 0 Å². The van der Waals surface area contributed by atoms with Crippen LogP contribution in [0.1, 0.15) is 6.92 Å². The van der Waals surface area contributed by atoms with Gasteiger partial charge in [0.25, 0.3) is 0 Å². The van der Waals surface area contributed by atoms with Crippen LogP contribution in [-0.4, -0.2) is 55.8 Å². The van der Waals surface area contributed by atoms with Crippen molar-refractivity contribution in [3.05, 3.63) is 0 Å². The first-order valence-corrected chi connectivity index (χ1v) is 5.80. The Bertz CT molecular complexity index is 146. The molecule has 4 heteroatoms. The van der Waals surface area contributed by atoms with E-state index in [1.165, 1.54) is 0 Å². The fraction of sp³-hybridized carbons (Fsp3) is 1.00. The summed E-state index contributed by atoms with van der Waals surface area (Å²) in [6.45, 7) is 5.79. The molecule has 0 aromatic rings. The van der Waals surface area contributed by atoms with Crippen LogP contribution in [0, 0.1) is 0 Å². The Morgan fingerprint density at radius 3 is 3.08 bits per heavy atom. The van der Waals surface area contributed by atoms with Crippen LogP contribution >= 0.6 is 15.9 Å². The van der Waals surface area contributed by atoms with Crippen molar-refractivity contribution in [2.45, 2.75) is 19.1 Å². The van der Waals surface area contributed by atoms with Crippen molar-refractivity contribution in [2.24, 2.45) is 0 Å². The minimum Gasteiger partial charge on any atom is -0.380 e. The first-order valence-electron chi connectivity index (χ1n) is 4.68. The summed E-state index contributed by atoms with van der Waals surface area (Å²) in [7, 11) is 1.76. The Morgan fingerprint density at radius 1 is 1.69 bits per heavy atom. The predicted octanol–water partition coefficient (Wildman–Crippen LogP) is 1.12. The quantitative estimate of drug-likeness (QED) is 0.700. The first kappa shape index (κ1) is 11.4. The van der Waals surface area contributed by atoms with Gasteiger partial charge < -0.3 is 9.47 Å². The zero-order chi connectivity index (χ0) is 9.68. The van der Waals surface area contributed by atoms with Crippen molar-refractivity contribution < 1.29 is 9.47 Å². The average Bonchev–Trinajstić information content (AvgIpc) is 2.18. The van der Waals surface area contributed by atoms with E-state index in [9.17, 15) is 0 Å². The van der Waals surface area contributed by atoms with Crippen LogP contribution in [0.3, 0.4) is 0 Å². The van der Waals surface area contributed by atoms with Crippen molar-refractivity contribution in [3.63, 3.8) is 0 Å². The number of hydrogen-bond acceptors (Lipinski definition) is 3. The minimum absolute atomic E-state index is 0.305. The molecule has 1 rings (SSSR count). The van der Waals surface area contributed by atoms with Gasteiger partial charge in [-0.15, -0.1) is 0 Å². The van der Waals surface area contributed by atoms with E-state index >= 15 is 0 Å². The maximum absolute atomic E-state index is 5.41. The molecule has 0 saturated carbocycles. The molecule has 0 radical (unpaired) electrons. The molecule has 1 fully saturated rings. The molecule has 0 aromatic heterocycles. The number of methoxy groups -OCH3 is 1. The lowest BCUT2D eigenvalue weighted by Crippen LogP contribution is -2.49. The third-order valence-electron chi connectivity index (χ3n) is 2.42. The molecule has 13 heavy (non-hydrogen) atoms. The number of rotatable bonds is 4. The molecule has 0 aromatic carbocycles. The molecule has 0 spiro atoms. The summed E-state index contributed by atoms with van der Waals surface area (Å²) in [5.41, 5.74) is 0. The molecular formula is C9H18BrNO2. The molecule has 1 saturated heterocycles. The summed E-state index contributed by atoms with van der Waals surface area (Å²) in [6, 6.07) is 0.506. The van der Waals surface area contributed by atoms with Crippen LogP contribution in [0.5, 0.6) is 0 Å². The highest BCUT2D eigenvalue weighted by molar-refractivity contribution is 9.09. The molecule has 0 bridgehead atoms. The Kier molecular flexibility index (Phi) is 5.24. The largest absolute Gasteiger partial charge is 0.380 e. The average molecular weight is 252 g/mol. The molecule has 78 valence electrons. The lowest BCUT2D eigenvalue weighted by atomic mass is 10.2. The fourth-order valence-electron chi connectivity index (χ4n) is 1.48. The second-order valence-corrected chi connectivity index (χ2v) is 4.07. The van der Waals surface area contributed by atoms with E-state index < -0.39 is 0 Å². The van der Waals surface area contributed by atoms with Crippen LogP contribution in [0.15, 0.2) is 0 Å². The fourth-order valence-corrected chi connectivity index (χ4v) is 2.07. The van der Waals surface area contributed by atoms with Gasteiger partial charge in [-0.3, -0.25) is 4.90 Å². The van der Waals surface area contributed by atoms with E-state index in [-0.39, 0.29) is 0 Å². The van der Waals surface area contributed by atoms with Gasteiger partial charge in [0, 0.05) is 31.6 Å². The van der Waals surface area contributed by atoms with Crippen LogP contribution < -0.4 is 0 Å². The highest BCUT2D eigenvalue weighted by Crippen LogP contribution is 2.10. The van der Waals surface area contributed by atoms with Crippen molar-refractivity contribution in [1.82, 2.24) is 4.90 Å². The molecule has 1 aliphatic heterocycles. The SMILES string of the molecule is COC(C)CN1CCOCC1CBr. The van der Waals surface area contributed by atoms with Gasteiger partial charge in [-0.05, 0) is 6.92 Å². The monoisotopic (exact) mass is 251 g/mol. The van der Waals surface area contributed by atoms with E-state index in [1.807, 2.05) is 0 Å². The third kappa shape index (κ3) is 3.54. The lowest BCUT2D eigenvalue weighted by molar-refractivity contribution is -0.0223. The van der Waals surface area contributed by atoms with Crippen LogP contribution in [0.2, 0.25) is 0 Å². The third-order valence-corrected chi connectivity index (χ3v) is 3.17. The zero-order valence-electron chi connectivity index (χ0n) is 8.33. The number of halogens is 1. The van der Waals surface area contributed by atoms with Gasteiger partial charge in [-0.1, -0.05) is 15.9 Å². The number of alkyl halides is 1. The van der Waals surface area contributed by atoms with Crippen molar-refractivity contribution in [2.75, 3.05) is 38.7 Å². The van der Waals surface area contributed by atoms with Crippen molar-refractivity contribution in [1.29, 1.82) is 0 Å². The predicted molar refractivity (Wildman–Crippen MR) is 56.4 cm³/mol. The maximum Gasteiger partial charge on any atom is 0.0670 e. The van der Waals surface area contributed by atoms with Crippen molar-refractivity contribution >= 4 is 15.9 Å². The lowest BCUT2D eigenvalue weighted by Gasteiger charge is -2.35. The summed E-state index contributed by atoms with van der Waals surface area (Å²) in [4.78, 5) is 2.42. The van der Waals surface area contributed by atoms with Gasteiger partial charge in [0.1, 0.15) is 0 Å². The highest BCUT2D eigenvalue weighted by Gasteiger charge is 2.22. The molecule has 0 aliphatic carbocycles. The zero-order valence-corrected chi connectivity index (χ0v) is 9.92. The highest BCUT2D eigenvalue weighted by atomic mass is 79.9. The standard InChI is InChI=1S/C9H18BrNO2/c1-8(12-2)6-11-3-4-13-7-9(11)5-10/h8-9H,3-7H2,1-2H3. The van der Waals surface area contributed by atoms with Crippen LogP contribution in [0.25, 0.3) is 0 Å². The Labute approximate surface area is 88.5 Å². The van der Waals surface area contributed by atoms with E-state index in [0.29, 0.717) is 12.1 Å². The summed E-state index contributed by atoms with van der Waals surface area (Å²) in [5, 5.41) is 0.976. The van der Waals surface area contributed by atoms with Crippen LogP contribution in [-0.2, 0) is 9.47 Å². The first-order chi connectivity index (χ1) is 6.27. The topological polar surface area (TPSA) is 21.7 Å². The Hall–Kier alpha value is 0.360. The molecule has 0 amide bonds. The molecule has 3 nitrogen and oxygen atoms in total. The van der Waals surface area contributed by atoms with Gasteiger partial charge in [-0.25, -0.2) is 0 Å². The number of nitrogens with zero attached hydrogens (tertiary/aromatic N) is 1. The smallest absolute Gasteiger partial charge is 0.0670 e. The van der Waals surface area contributed by atoms with Gasteiger partial charge in [0.2, 0.25) is 0 Å². The van der Waals surface area contributed by atoms with Crippen molar-refractivity contribution in [3.8, 4) is 0 Å². The minimum atomic E-state index is 0.305. The van der Waals surface area contributed by atoms with E-state index in [1.54, 1.807) is 7.11 Å². The number of hydrogen-bond donors (Lipinski definition) is 0. The van der Waals surface area contributed by atoms with Crippen LogP contribution in [0.4, 0.5) is 0 Å². The van der Waals surface area contributed by atoms with E-state index in [0.717, 1.165) is 31.6 Å². The summed E-state index contributed by atoms with van der Waals surface area (Å²) in [6.07, 6.45) is 0.305. The van der Waals surface area contributed by atoms with E-state index in [2.05, 4.69) is 27.8 Å².